The largest absolute Gasteiger partial charge is 0.381 e. The standard InChI is InChI=1S/C13H14ClFN2O/c14-8-12-16-13-10(15)2-1-3-11(13)17(12)9-4-6-18-7-5-9/h1-3,9H,4-8H2. The Bertz CT molecular complexity index is 563. The normalized spacial score (nSPS) is 17.4. The van der Waals surface area contributed by atoms with Crippen molar-refractivity contribution in [1.29, 1.82) is 0 Å². The van der Waals surface area contributed by atoms with E-state index in [4.69, 9.17) is 16.3 Å². The quantitative estimate of drug-likeness (QED) is 0.782. The van der Waals surface area contributed by atoms with Gasteiger partial charge in [-0.2, -0.15) is 0 Å². The van der Waals surface area contributed by atoms with Crippen molar-refractivity contribution in [3.63, 3.8) is 0 Å². The van der Waals surface area contributed by atoms with Gasteiger partial charge in [0, 0.05) is 19.3 Å². The molecule has 0 amide bonds. The molecule has 0 radical (unpaired) electrons. The Morgan fingerprint density at radius 3 is 2.89 bits per heavy atom. The van der Waals surface area contributed by atoms with Crippen LogP contribution in [0.5, 0.6) is 0 Å². The number of para-hydroxylation sites is 1. The molecule has 1 fully saturated rings. The number of hydrogen-bond acceptors (Lipinski definition) is 2. The Labute approximate surface area is 110 Å². The fraction of sp³-hybridized carbons (Fsp3) is 0.462. The van der Waals surface area contributed by atoms with Crippen LogP contribution in [0.15, 0.2) is 18.2 Å². The van der Waals surface area contributed by atoms with Crippen LogP contribution in [-0.2, 0) is 10.6 Å². The van der Waals surface area contributed by atoms with E-state index in [-0.39, 0.29) is 5.82 Å². The summed E-state index contributed by atoms with van der Waals surface area (Å²) in [7, 11) is 0. The van der Waals surface area contributed by atoms with Gasteiger partial charge >= 0.3 is 0 Å². The lowest BCUT2D eigenvalue weighted by atomic mass is 10.1. The summed E-state index contributed by atoms with van der Waals surface area (Å²) in [5.41, 5.74) is 1.25. The molecular formula is C13H14ClFN2O. The minimum atomic E-state index is -0.287. The topological polar surface area (TPSA) is 27.1 Å². The van der Waals surface area contributed by atoms with Gasteiger partial charge in [-0.15, -0.1) is 11.6 Å². The third-order valence-corrected chi connectivity index (χ3v) is 3.66. The molecule has 1 aromatic heterocycles. The first-order valence-electron chi connectivity index (χ1n) is 6.10. The highest BCUT2D eigenvalue weighted by atomic mass is 35.5. The lowest BCUT2D eigenvalue weighted by Gasteiger charge is -2.25. The molecule has 0 atom stereocenters. The van der Waals surface area contributed by atoms with Crippen LogP contribution in [0.1, 0.15) is 24.7 Å². The SMILES string of the molecule is Fc1cccc2c1nc(CCl)n2C1CCOCC1. The molecule has 2 heterocycles. The maximum Gasteiger partial charge on any atom is 0.151 e. The Balaban J connectivity index is 2.16. The molecule has 1 saturated heterocycles. The Hall–Kier alpha value is -1.13. The number of rotatable bonds is 2. The number of halogens is 2. The molecule has 1 aliphatic heterocycles. The van der Waals surface area contributed by atoms with Gasteiger partial charge in [0.25, 0.3) is 0 Å². The fourth-order valence-electron chi connectivity index (χ4n) is 2.58. The van der Waals surface area contributed by atoms with Crippen LogP contribution in [0.3, 0.4) is 0 Å². The molecule has 0 saturated carbocycles. The third-order valence-electron chi connectivity index (χ3n) is 3.42. The zero-order chi connectivity index (χ0) is 12.5. The van der Waals surface area contributed by atoms with Gasteiger partial charge in [0.1, 0.15) is 11.3 Å². The van der Waals surface area contributed by atoms with Gasteiger partial charge in [-0.1, -0.05) is 6.07 Å². The number of alkyl halides is 1. The number of ether oxygens (including phenoxy) is 1. The van der Waals surface area contributed by atoms with E-state index in [0.717, 1.165) is 37.4 Å². The second-order valence-electron chi connectivity index (χ2n) is 4.48. The smallest absolute Gasteiger partial charge is 0.151 e. The zero-order valence-electron chi connectivity index (χ0n) is 9.90. The van der Waals surface area contributed by atoms with Crippen molar-refractivity contribution in [2.24, 2.45) is 0 Å². The summed E-state index contributed by atoms with van der Waals surface area (Å²) in [5, 5.41) is 0. The monoisotopic (exact) mass is 268 g/mol. The van der Waals surface area contributed by atoms with Crippen LogP contribution in [0, 0.1) is 5.82 Å². The highest BCUT2D eigenvalue weighted by molar-refractivity contribution is 6.16. The number of hydrogen-bond donors (Lipinski definition) is 0. The summed E-state index contributed by atoms with van der Waals surface area (Å²) in [6, 6.07) is 5.35. The second kappa shape index (κ2) is 4.86. The van der Waals surface area contributed by atoms with Gasteiger partial charge in [0.15, 0.2) is 5.82 Å². The van der Waals surface area contributed by atoms with Crippen molar-refractivity contribution in [3.8, 4) is 0 Å². The molecule has 18 heavy (non-hydrogen) atoms. The summed E-state index contributed by atoms with van der Waals surface area (Å²) in [5.74, 6) is 0.749. The molecule has 0 aliphatic carbocycles. The number of fused-ring (bicyclic) bond motifs is 1. The lowest BCUT2D eigenvalue weighted by molar-refractivity contribution is 0.0700. The molecule has 0 unspecified atom stereocenters. The van der Waals surface area contributed by atoms with Gasteiger partial charge in [0.05, 0.1) is 11.4 Å². The second-order valence-corrected chi connectivity index (χ2v) is 4.75. The summed E-state index contributed by atoms with van der Waals surface area (Å²) in [6.07, 6.45) is 1.84. The van der Waals surface area contributed by atoms with Gasteiger partial charge in [-0.05, 0) is 25.0 Å². The zero-order valence-corrected chi connectivity index (χ0v) is 10.7. The number of benzene rings is 1. The summed E-state index contributed by atoms with van der Waals surface area (Å²) < 4.78 is 21.2. The van der Waals surface area contributed by atoms with Crippen molar-refractivity contribution in [2.75, 3.05) is 13.2 Å². The maximum atomic E-state index is 13.7. The van der Waals surface area contributed by atoms with E-state index in [1.165, 1.54) is 6.07 Å². The summed E-state index contributed by atoms with van der Waals surface area (Å²) in [4.78, 5) is 4.32. The van der Waals surface area contributed by atoms with Crippen molar-refractivity contribution in [3.05, 3.63) is 29.8 Å². The predicted molar refractivity (Wildman–Crippen MR) is 68.3 cm³/mol. The average Bonchev–Trinajstić information content (AvgIpc) is 2.80. The molecule has 0 N–H and O–H groups in total. The van der Waals surface area contributed by atoms with Crippen LogP contribution < -0.4 is 0 Å². The van der Waals surface area contributed by atoms with Crippen molar-refractivity contribution < 1.29 is 9.13 Å². The van der Waals surface area contributed by atoms with E-state index in [1.807, 2.05) is 6.07 Å². The van der Waals surface area contributed by atoms with Crippen molar-refractivity contribution in [1.82, 2.24) is 9.55 Å². The molecule has 5 heteroatoms. The first kappa shape index (κ1) is 11.9. The molecule has 3 rings (SSSR count). The molecule has 1 aromatic carbocycles. The van der Waals surface area contributed by atoms with E-state index < -0.39 is 0 Å². The summed E-state index contributed by atoms with van der Waals surface area (Å²) in [6.45, 7) is 1.47. The molecule has 0 spiro atoms. The molecule has 96 valence electrons. The molecule has 0 bridgehead atoms. The molecule has 3 nitrogen and oxygen atoms in total. The van der Waals surface area contributed by atoms with E-state index in [2.05, 4.69) is 9.55 Å². The first-order valence-corrected chi connectivity index (χ1v) is 6.63. The highest BCUT2D eigenvalue weighted by Gasteiger charge is 2.22. The maximum absolute atomic E-state index is 13.7. The number of imidazole rings is 1. The predicted octanol–water partition coefficient (Wildman–Crippen LogP) is 3.27. The Kier molecular flexibility index (Phi) is 3.22. The van der Waals surface area contributed by atoms with Gasteiger partial charge < -0.3 is 9.30 Å². The number of aromatic nitrogens is 2. The van der Waals surface area contributed by atoms with E-state index in [1.54, 1.807) is 6.07 Å². The van der Waals surface area contributed by atoms with E-state index >= 15 is 0 Å². The fourth-order valence-corrected chi connectivity index (χ4v) is 2.76. The number of nitrogens with zero attached hydrogens (tertiary/aromatic N) is 2. The van der Waals surface area contributed by atoms with Gasteiger partial charge in [-0.25, -0.2) is 9.37 Å². The van der Waals surface area contributed by atoms with Gasteiger partial charge in [0.2, 0.25) is 0 Å². The molecule has 1 aliphatic rings. The van der Waals surface area contributed by atoms with Crippen LogP contribution in [0.25, 0.3) is 11.0 Å². The van der Waals surface area contributed by atoms with Crippen LogP contribution >= 0.6 is 11.6 Å². The third kappa shape index (κ3) is 1.89. The first-order chi connectivity index (χ1) is 8.81. The average molecular weight is 269 g/mol. The lowest BCUT2D eigenvalue weighted by Crippen LogP contribution is -2.20. The van der Waals surface area contributed by atoms with E-state index in [0.29, 0.717) is 17.4 Å². The summed E-state index contributed by atoms with van der Waals surface area (Å²) >= 11 is 5.94. The highest BCUT2D eigenvalue weighted by Crippen LogP contribution is 2.29. The van der Waals surface area contributed by atoms with Crippen LogP contribution in [-0.4, -0.2) is 22.8 Å². The Morgan fingerprint density at radius 1 is 1.39 bits per heavy atom. The van der Waals surface area contributed by atoms with Crippen molar-refractivity contribution in [2.45, 2.75) is 24.8 Å². The molecular weight excluding hydrogens is 255 g/mol. The van der Waals surface area contributed by atoms with E-state index in [9.17, 15) is 4.39 Å². The van der Waals surface area contributed by atoms with Crippen LogP contribution in [0.2, 0.25) is 0 Å². The van der Waals surface area contributed by atoms with Crippen molar-refractivity contribution >= 4 is 22.6 Å². The van der Waals surface area contributed by atoms with Crippen LogP contribution in [0.4, 0.5) is 4.39 Å². The minimum absolute atomic E-state index is 0.287. The molecule has 2 aromatic rings. The Morgan fingerprint density at radius 2 is 2.17 bits per heavy atom. The minimum Gasteiger partial charge on any atom is -0.381 e. The van der Waals surface area contributed by atoms with Gasteiger partial charge in [-0.3, -0.25) is 0 Å².